The largest absolute Gasteiger partial charge is 0.368 e. The van der Waals surface area contributed by atoms with Gasteiger partial charge in [-0.2, -0.15) is 9.36 Å². The summed E-state index contributed by atoms with van der Waals surface area (Å²) in [5, 5.41) is 8.25. The molecular weight excluding hydrogens is 387 g/mol. The molecular formula is C15H12Cl2N4O3S. The van der Waals surface area contributed by atoms with Crippen molar-refractivity contribution in [3.63, 3.8) is 0 Å². The average Bonchev–Trinajstić information content (AvgIpc) is 2.95. The Morgan fingerprint density at radius 2 is 1.64 bits per heavy atom. The predicted molar refractivity (Wildman–Crippen MR) is 94.1 cm³/mol. The van der Waals surface area contributed by atoms with Gasteiger partial charge >= 0.3 is 5.69 Å². The van der Waals surface area contributed by atoms with Crippen molar-refractivity contribution in [1.82, 2.24) is 19.8 Å². The molecule has 7 nitrogen and oxygen atoms in total. The number of halogens is 2. The van der Waals surface area contributed by atoms with Gasteiger partial charge in [-0.1, -0.05) is 35.3 Å². The number of hydrogen-bond acceptors (Lipinski definition) is 5. The molecule has 0 N–H and O–H groups in total. The van der Waals surface area contributed by atoms with E-state index in [4.69, 9.17) is 23.2 Å². The second-order valence-corrected chi connectivity index (χ2v) is 8.07. The van der Waals surface area contributed by atoms with Gasteiger partial charge in [-0.05, 0) is 46.8 Å². The highest BCUT2D eigenvalue weighted by molar-refractivity contribution is 7.91. The van der Waals surface area contributed by atoms with Gasteiger partial charge in [-0.25, -0.2) is 13.2 Å². The summed E-state index contributed by atoms with van der Waals surface area (Å²) in [5.41, 5.74) is -0.194. The van der Waals surface area contributed by atoms with Gasteiger partial charge in [-0.15, -0.1) is 0 Å². The van der Waals surface area contributed by atoms with Crippen molar-refractivity contribution in [3.8, 4) is 5.69 Å². The van der Waals surface area contributed by atoms with E-state index >= 15 is 0 Å². The number of aryl methyl sites for hydroxylation is 1. The van der Waals surface area contributed by atoms with Crippen molar-refractivity contribution in [2.24, 2.45) is 0 Å². The van der Waals surface area contributed by atoms with E-state index in [1.807, 2.05) is 0 Å². The summed E-state index contributed by atoms with van der Waals surface area (Å²) < 4.78 is 26.7. The maximum Gasteiger partial charge on any atom is 0.368 e. The Labute approximate surface area is 153 Å². The van der Waals surface area contributed by atoms with Crippen molar-refractivity contribution in [2.75, 3.05) is 5.75 Å². The van der Waals surface area contributed by atoms with Gasteiger partial charge in [0.15, 0.2) is 9.84 Å². The van der Waals surface area contributed by atoms with Crippen LogP contribution in [0, 0.1) is 0 Å². The van der Waals surface area contributed by atoms with Crippen LogP contribution in [0.4, 0.5) is 0 Å². The molecule has 3 aromatic rings. The van der Waals surface area contributed by atoms with Gasteiger partial charge in [-0.3, -0.25) is 0 Å². The Morgan fingerprint density at radius 3 is 2.32 bits per heavy atom. The number of tetrazole rings is 1. The van der Waals surface area contributed by atoms with Crippen LogP contribution in [0.25, 0.3) is 5.69 Å². The summed E-state index contributed by atoms with van der Waals surface area (Å²) in [4.78, 5) is 12.5. The molecule has 1 aromatic heterocycles. The number of benzene rings is 2. The molecule has 2 aromatic carbocycles. The van der Waals surface area contributed by atoms with Crippen LogP contribution in [0.3, 0.4) is 0 Å². The second-order valence-electron chi connectivity index (χ2n) is 5.12. The molecule has 0 saturated heterocycles. The molecule has 3 rings (SSSR count). The maximum absolute atomic E-state index is 12.3. The minimum Gasteiger partial charge on any atom is -0.244 e. The number of nitrogens with zero attached hydrogens (tertiary/aromatic N) is 4. The topological polar surface area (TPSA) is 86.8 Å². The highest BCUT2D eigenvalue weighted by Crippen LogP contribution is 2.17. The van der Waals surface area contributed by atoms with E-state index in [0.717, 1.165) is 9.36 Å². The first-order chi connectivity index (χ1) is 11.9. The molecule has 10 heteroatoms. The normalized spacial score (nSPS) is 11.6. The van der Waals surface area contributed by atoms with Crippen LogP contribution < -0.4 is 5.69 Å². The smallest absolute Gasteiger partial charge is 0.244 e. The Morgan fingerprint density at radius 1 is 0.960 bits per heavy atom. The number of sulfone groups is 1. The van der Waals surface area contributed by atoms with Crippen molar-refractivity contribution in [3.05, 3.63) is 69.1 Å². The zero-order valence-corrected chi connectivity index (χ0v) is 15.0. The van der Waals surface area contributed by atoms with Crippen molar-refractivity contribution >= 4 is 33.0 Å². The maximum atomic E-state index is 12.3. The third-order valence-electron chi connectivity index (χ3n) is 3.46. The summed E-state index contributed by atoms with van der Waals surface area (Å²) in [6.07, 6.45) is 0. The van der Waals surface area contributed by atoms with Gasteiger partial charge in [0.25, 0.3) is 0 Å². The summed E-state index contributed by atoms with van der Waals surface area (Å²) >= 11 is 11.8. The minimum atomic E-state index is -3.58. The summed E-state index contributed by atoms with van der Waals surface area (Å²) in [6.45, 7) is -0.131. The molecule has 0 fully saturated rings. The fourth-order valence-corrected chi connectivity index (χ4v) is 3.70. The van der Waals surface area contributed by atoms with Gasteiger partial charge in [0.05, 0.1) is 27.9 Å². The van der Waals surface area contributed by atoms with Crippen LogP contribution in [-0.4, -0.2) is 34.0 Å². The van der Waals surface area contributed by atoms with E-state index in [0.29, 0.717) is 15.7 Å². The molecule has 0 aliphatic carbocycles. The van der Waals surface area contributed by atoms with Crippen molar-refractivity contribution in [1.29, 1.82) is 0 Å². The zero-order valence-electron chi connectivity index (χ0n) is 12.7. The molecule has 25 heavy (non-hydrogen) atoms. The summed E-state index contributed by atoms with van der Waals surface area (Å²) in [6, 6.07) is 12.5. The third-order valence-corrected chi connectivity index (χ3v) is 5.75. The molecule has 0 aliphatic rings. The fourth-order valence-electron chi connectivity index (χ4n) is 2.16. The first-order valence-electron chi connectivity index (χ1n) is 7.14. The van der Waals surface area contributed by atoms with Crippen LogP contribution in [0.15, 0.2) is 58.2 Å². The molecule has 0 unspecified atom stereocenters. The number of rotatable bonds is 5. The predicted octanol–water partition coefficient (Wildman–Crippen LogP) is 2.21. The Bertz CT molecular complexity index is 1060. The molecule has 130 valence electrons. The van der Waals surface area contributed by atoms with E-state index in [2.05, 4.69) is 10.4 Å². The first-order valence-corrected chi connectivity index (χ1v) is 9.55. The lowest BCUT2D eigenvalue weighted by atomic mass is 10.3. The van der Waals surface area contributed by atoms with E-state index in [-0.39, 0.29) is 17.2 Å². The van der Waals surface area contributed by atoms with E-state index in [1.54, 1.807) is 24.3 Å². The van der Waals surface area contributed by atoms with Gasteiger partial charge in [0.1, 0.15) is 0 Å². The van der Waals surface area contributed by atoms with Crippen LogP contribution in [-0.2, 0) is 16.4 Å². The van der Waals surface area contributed by atoms with Gasteiger partial charge in [0, 0.05) is 5.02 Å². The third kappa shape index (κ3) is 3.76. The summed E-state index contributed by atoms with van der Waals surface area (Å²) in [5.74, 6) is -0.296. The van der Waals surface area contributed by atoms with Crippen LogP contribution in [0.2, 0.25) is 10.0 Å². The van der Waals surface area contributed by atoms with E-state index in [1.165, 1.54) is 24.3 Å². The molecule has 1 heterocycles. The molecule has 0 spiro atoms. The molecule has 0 amide bonds. The Kier molecular flexibility index (Phi) is 4.94. The van der Waals surface area contributed by atoms with Crippen molar-refractivity contribution in [2.45, 2.75) is 11.4 Å². The lowest BCUT2D eigenvalue weighted by molar-refractivity contribution is 0.569. The molecule has 0 atom stereocenters. The Hall–Kier alpha value is -2.16. The standard InChI is InChI=1S/C15H12Cl2N4O3S/c16-11-5-7-12(8-6-11)25(23,24)10-9-20-15(22)21(19-18-20)14-4-2-1-3-13(14)17/h1-8H,9-10H2. The first kappa shape index (κ1) is 17.7. The number of aromatic nitrogens is 4. The quantitative estimate of drug-likeness (QED) is 0.657. The second kappa shape index (κ2) is 6.99. The monoisotopic (exact) mass is 398 g/mol. The number of hydrogen-bond donors (Lipinski definition) is 0. The van der Waals surface area contributed by atoms with E-state index in [9.17, 15) is 13.2 Å². The van der Waals surface area contributed by atoms with E-state index < -0.39 is 15.5 Å². The zero-order chi connectivity index (χ0) is 18.0. The molecule has 0 aliphatic heterocycles. The van der Waals surface area contributed by atoms with Crippen LogP contribution in [0.5, 0.6) is 0 Å². The molecule has 0 bridgehead atoms. The summed E-state index contributed by atoms with van der Waals surface area (Å²) in [7, 11) is -3.58. The highest BCUT2D eigenvalue weighted by atomic mass is 35.5. The van der Waals surface area contributed by atoms with Gasteiger partial charge in [0.2, 0.25) is 0 Å². The highest BCUT2D eigenvalue weighted by Gasteiger charge is 2.17. The van der Waals surface area contributed by atoms with Crippen molar-refractivity contribution < 1.29 is 8.42 Å². The lowest BCUT2D eigenvalue weighted by Crippen LogP contribution is -2.27. The van der Waals surface area contributed by atoms with Gasteiger partial charge < -0.3 is 0 Å². The fraction of sp³-hybridized carbons (Fsp3) is 0.133. The van der Waals surface area contributed by atoms with Crippen LogP contribution >= 0.6 is 23.2 Å². The Balaban J connectivity index is 1.82. The minimum absolute atomic E-state index is 0.128. The average molecular weight is 399 g/mol. The molecule has 0 saturated carbocycles. The SMILES string of the molecule is O=c1n(CCS(=O)(=O)c2ccc(Cl)cc2)nnn1-c1ccccc1Cl. The number of para-hydroxylation sites is 1. The molecule has 0 radical (unpaired) electrons. The lowest BCUT2D eigenvalue weighted by Gasteiger charge is -2.04. The van der Waals surface area contributed by atoms with Crippen LogP contribution in [0.1, 0.15) is 0 Å².